The Hall–Kier alpha value is -4.58. The number of fused-ring (bicyclic) bond motifs is 2. The number of imidazole rings is 1. The standard InChI is InChI=1S/C27H20N4O2/c32-26(27-30-15-25(31-27)21-13-28-23-9-5-4-8-19(21)23)22-14-29-24-12-18(10-11-20(22)24)33-16-17-6-2-1-3-7-17/h1-15,28-29H,16H2,(H,30,31). The highest BCUT2D eigenvalue weighted by molar-refractivity contribution is 6.15. The molecule has 6 nitrogen and oxygen atoms in total. The van der Waals surface area contributed by atoms with Crippen molar-refractivity contribution in [2.45, 2.75) is 6.61 Å². The van der Waals surface area contributed by atoms with Crippen LogP contribution in [0.15, 0.2) is 91.4 Å². The molecule has 3 aromatic carbocycles. The molecule has 0 aliphatic carbocycles. The second kappa shape index (κ2) is 7.84. The van der Waals surface area contributed by atoms with Gasteiger partial charge in [0, 0.05) is 45.8 Å². The molecular weight excluding hydrogens is 412 g/mol. The minimum atomic E-state index is -0.162. The van der Waals surface area contributed by atoms with E-state index in [-0.39, 0.29) is 5.78 Å². The summed E-state index contributed by atoms with van der Waals surface area (Å²) >= 11 is 0. The monoisotopic (exact) mass is 432 g/mol. The number of ketones is 1. The summed E-state index contributed by atoms with van der Waals surface area (Å²) in [6.45, 7) is 0.488. The zero-order valence-electron chi connectivity index (χ0n) is 17.6. The van der Waals surface area contributed by atoms with Gasteiger partial charge in [0.05, 0.1) is 17.5 Å². The molecule has 0 radical (unpaired) electrons. The van der Waals surface area contributed by atoms with E-state index in [0.717, 1.165) is 44.4 Å². The summed E-state index contributed by atoms with van der Waals surface area (Å²) in [4.78, 5) is 27.2. The highest BCUT2D eigenvalue weighted by Crippen LogP contribution is 2.29. The van der Waals surface area contributed by atoms with Gasteiger partial charge in [-0.25, -0.2) is 4.98 Å². The quantitative estimate of drug-likeness (QED) is 0.289. The molecule has 6 heteroatoms. The SMILES string of the molecule is O=C(c1ncc(-c2c[nH]c3ccccc23)[nH]1)c1c[nH]c2cc(OCc3ccccc3)ccc12. The van der Waals surface area contributed by atoms with Gasteiger partial charge in [-0.15, -0.1) is 0 Å². The minimum Gasteiger partial charge on any atom is -0.489 e. The van der Waals surface area contributed by atoms with Crippen molar-refractivity contribution in [3.05, 3.63) is 108 Å². The van der Waals surface area contributed by atoms with Crippen molar-refractivity contribution >= 4 is 27.6 Å². The molecule has 0 bridgehead atoms. The molecule has 0 aliphatic rings. The lowest BCUT2D eigenvalue weighted by atomic mass is 10.1. The van der Waals surface area contributed by atoms with E-state index in [2.05, 4.69) is 19.9 Å². The van der Waals surface area contributed by atoms with E-state index < -0.39 is 0 Å². The predicted octanol–water partition coefficient (Wildman–Crippen LogP) is 5.85. The topological polar surface area (TPSA) is 86.6 Å². The van der Waals surface area contributed by atoms with Gasteiger partial charge in [0.2, 0.25) is 5.78 Å². The molecule has 0 saturated carbocycles. The van der Waals surface area contributed by atoms with E-state index in [4.69, 9.17) is 4.74 Å². The van der Waals surface area contributed by atoms with Crippen molar-refractivity contribution in [2.75, 3.05) is 0 Å². The lowest BCUT2D eigenvalue weighted by molar-refractivity contribution is 0.103. The molecule has 160 valence electrons. The first-order valence-corrected chi connectivity index (χ1v) is 10.7. The number of carbonyl (C=O) groups is 1. The number of rotatable bonds is 6. The summed E-state index contributed by atoms with van der Waals surface area (Å²) in [7, 11) is 0. The molecule has 0 atom stereocenters. The number of carbonyl (C=O) groups excluding carboxylic acids is 1. The van der Waals surface area contributed by atoms with Crippen LogP contribution in [-0.4, -0.2) is 25.7 Å². The lowest BCUT2D eigenvalue weighted by Crippen LogP contribution is -2.02. The molecule has 33 heavy (non-hydrogen) atoms. The number of nitrogens with zero attached hydrogens (tertiary/aromatic N) is 1. The summed E-state index contributed by atoms with van der Waals surface area (Å²) < 4.78 is 5.91. The zero-order chi connectivity index (χ0) is 22.2. The molecule has 0 aliphatic heterocycles. The third-order valence-electron chi connectivity index (χ3n) is 5.82. The number of benzene rings is 3. The largest absolute Gasteiger partial charge is 0.489 e. The van der Waals surface area contributed by atoms with Gasteiger partial charge < -0.3 is 19.7 Å². The molecule has 0 fully saturated rings. The van der Waals surface area contributed by atoms with Crippen molar-refractivity contribution in [1.82, 2.24) is 19.9 Å². The molecule has 3 heterocycles. The Balaban J connectivity index is 1.26. The molecule has 6 rings (SSSR count). The highest BCUT2D eigenvalue weighted by atomic mass is 16.5. The Kier molecular flexibility index (Phi) is 4.54. The van der Waals surface area contributed by atoms with Gasteiger partial charge >= 0.3 is 0 Å². The molecule has 0 amide bonds. The molecule has 0 spiro atoms. The number of nitrogens with one attached hydrogen (secondary N) is 3. The van der Waals surface area contributed by atoms with Gasteiger partial charge in [-0.05, 0) is 23.8 Å². The van der Waals surface area contributed by atoms with Gasteiger partial charge in [0.25, 0.3) is 0 Å². The van der Waals surface area contributed by atoms with E-state index >= 15 is 0 Å². The predicted molar refractivity (Wildman–Crippen MR) is 128 cm³/mol. The summed E-state index contributed by atoms with van der Waals surface area (Å²) in [6, 6.07) is 23.8. The van der Waals surface area contributed by atoms with Gasteiger partial charge in [-0.3, -0.25) is 4.79 Å². The minimum absolute atomic E-state index is 0.162. The van der Waals surface area contributed by atoms with Crippen molar-refractivity contribution in [3.8, 4) is 17.0 Å². The Labute approximate surface area is 189 Å². The van der Waals surface area contributed by atoms with Gasteiger partial charge in [-0.1, -0.05) is 48.5 Å². The first kappa shape index (κ1) is 19.1. The van der Waals surface area contributed by atoms with E-state index in [0.29, 0.717) is 18.0 Å². The van der Waals surface area contributed by atoms with Crippen LogP contribution in [0, 0.1) is 0 Å². The Morgan fingerprint density at radius 2 is 1.67 bits per heavy atom. The summed E-state index contributed by atoms with van der Waals surface area (Å²) in [6.07, 6.45) is 5.35. The number of H-pyrrole nitrogens is 3. The van der Waals surface area contributed by atoms with Crippen molar-refractivity contribution in [3.63, 3.8) is 0 Å². The molecule has 3 N–H and O–H groups in total. The lowest BCUT2D eigenvalue weighted by Gasteiger charge is -2.06. The number of aromatic amines is 3. The normalized spacial score (nSPS) is 11.3. The van der Waals surface area contributed by atoms with E-state index in [9.17, 15) is 4.79 Å². The number of hydrogen-bond acceptors (Lipinski definition) is 3. The average Bonchev–Trinajstić information content (AvgIpc) is 3.60. The summed E-state index contributed by atoms with van der Waals surface area (Å²) in [5.74, 6) is 0.887. The highest BCUT2D eigenvalue weighted by Gasteiger charge is 2.19. The maximum Gasteiger partial charge on any atom is 0.230 e. The van der Waals surface area contributed by atoms with Gasteiger partial charge in [-0.2, -0.15) is 0 Å². The summed E-state index contributed by atoms with van der Waals surface area (Å²) in [5.41, 5.74) is 5.33. The third-order valence-corrected chi connectivity index (χ3v) is 5.82. The molecule has 3 aromatic heterocycles. The van der Waals surface area contributed by atoms with Crippen LogP contribution in [0.5, 0.6) is 5.75 Å². The first-order valence-electron chi connectivity index (χ1n) is 10.7. The second-order valence-electron chi connectivity index (χ2n) is 7.91. The van der Waals surface area contributed by atoms with Crippen LogP contribution in [0.2, 0.25) is 0 Å². The third kappa shape index (κ3) is 3.47. The Bertz CT molecular complexity index is 1590. The molecule has 0 saturated heterocycles. The Morgan fingerprint density at radius 3 is 2.58 bits per heavy atom. The fourth-order valence-electron chi connectivity index (χ4n) is 4.12. The molecule has 0 unspecified atom stereocenters. The van der Waals surface area contributed by atoms with Gasteiger partial charge in [0.1, 0.15) is 12.4 Å². The van der Waals surface area contributed by atoms with Crippen LogP contribution >= 0.6 is 0 Å². The number of aromatic nitrogens is 4. The van der Waals surface area contributed by atoms with Crippen LogP contribution < -0.4 is 4.74 Å². The van der Waals surface area contributed by atoms with Crippen molar-refractivity contribution in [1.29, 1.82) is 0 Å². The molecule has 6 aromatic rings. The van der Waals surface area contributed by atoms with Crippen LogP contribution in [0.1, 0.15) is 21.7 Å². The molecular formula is C27H20N4O2. The Morgan fingerprint density at radius 1 is 0.848 bits per heavy atom. The maximum absolute atomic E-state index is 13.2. The second-order valence-corrected chi connectivity index (χ2v) is 7.91. The van der Waals surface area contributed by atoms with Crippen LogP contribution in [-0.2, 0) is 6.61 Å². The average molecular weight is 432 g/mol. The number of ether oxygens (including phenoxy) is 1. The van der Waals surface area contributed by atoms with E-state index in [1.54, 1.807) is 12.4 Å². The zero-order valence-corrected chi connectivity index (χ0v) is 17.6. The van der Waals surface area contributed by atoms with Crippen LogP contribution in [0.3, 0.4) is 0 Å². The smallest absolute Gasteiger partial charge is 0.230 e. The van der Waals surface area contributed by atoms with Crippen LogP contribution in [0.25, 0.3) is 33.1 Å². The van der Waals surface area contributed by atoms with Crippen LogP contribution in [0.4, 0.5) is 0 Å². The first-order chi connectivity index (χ1) is 16.3. The van der Waals surface area contributed by atoms with Gasteiger partial charge in [0.15, 0.2) is 5.82 Å². The summed E-state index contributed by atoms with van der Waals surface area (Å²) in [5, 5.41) is 1.91. The number of para-hydroxylation sites is 1. The van der Waals surface area contributed by atoms with Crippen molar-refractivity contribution in [2.24, 2.45) is 0 Å². The van der Waals surface area contributed by atoms with Crippen molar-refractivity contribution < 1.29 is 9.53 Å². The fraction of sp³-hybridized carbons (Fsp3) is 0.0370. The number of hydrogen-bond donors (Lipinski definition) is 3. The van der Waals surface area contributed by atoms with E-state index in [1.165, 1.54) is 0 Å². The maximum atomic E-state index is 13.2. The fourth-order valence-corrected chi connectivity index (χ4v) is 4.12. The van der Waals surface area contributed by atoms with E-state index in [1.807, 2.05) is 79.0 Å².